The Morgan fingerprint density at radius 2 is 2.18 bits per heavy atom. The average molecular weight is 235 g/mol. The van der Waals surface area contributed by atoms with E-state index < -0.39 is 5.54 Å². The zero-order valence-corrected chi connectivity index (χ0v) is 10.3. The van der Waals surface area contributed by atoms with Crippen LogP contribution in [0.15, 0.2) is 22.6 Å². The summed E-state index contributed by atoms with van der Waals surface area (Å²) < 4.78 is 5.62. The molecule has 2 rings (SSSR count). The Balaban J connectivity index is 2.43. The van der Waals surface area contributed by atoms with E-state index in [4.69, 9.17) is 10.2 Å². The zero-order chi connectivity index (χ0) is 12.6. The molecule has 0 aliphatic rings. The largest absolute Gasteiger partial charge is 0.423 e. The minimum absolute atomic E-state index is 0.0182. The molecular formula is C12H17N3O2. The molecule has 0 saturated heterocycles. The van der Waals surface area contributed by atoms with Gasteiger partial charge in [-0.05, 0) is 26.0 Å². The molecule has 3 N–H and O–H groups in total. The van der Waals surface area contributed by atoms with Gasteiger partial charge in [0.2, 0.25) is 0 Å². The molecular weight excluding hydrogens is 218 g/mol. The summed E-state index contributed by atoms with van der Waals surface area (Å²) in [7, 11) is 1.84. The SMILES string of the molecule is CN(c1nc2ccc(N)cc2o1)C(C)(C)CO. The highest BCUT2D eigenvalue weighted by atomic mass is 16.4. The van der Waals surface area contributed by atoms with E-state index in [9.17, 15) is 5.11 Å². The molecule has 5 nitrogen and oxygen atoms in total. The first kappa shape index (κ1) is 11.7. The van der Waals surface area contributed by atoms with Gasteiger partial charge in [-0.3, -0.25) is 0 Å². The summed E-state index contributed by atoms with van der Waals surface area (Å²) in [4.78, 5) is 6.17. The van der Waals surface area contributed by atoms with E-state index in [1.165, 1.54) is 0 Å². The zero-order valence-electron chi connectivity index (χ0n) is 10.3. The van der Waals surface area contributed by atoms with Crippen molar-refractivity contribution in [3.63, 3.8) is 0 Å². The Bertz CT molecular complexity index is 534. The lowest BCUT2D eigenvalue weighted by Gasteiger charge is -2.32. The van der Waals surface area contributed by atoms with Crippen LogP contribution in [0.5, 0.6) is 0 Å². The summed E-state index contributed by atoms with van der Waals surface area (Å²) in [6.45, 7) is 3.84. The molecule has 1 aromatic heterocycles. The third-order valence-corrected chi connectivity index (χ3v) is 2.98. The number of hydrogen-bond acceptors (Lipinski definition) is 5. The minimum Gasteiger partial charge on any atom is -0.423 e. The number of aliphatic hydroxyl groups is 1. The smallest absolute Gasteiger partial charge is 0.298 e. The third-order valence-electron chi connectivity index (χ3n) is 2.98. The maximum atomic E-state index is 9.31. The number of hydrogen-bond donors (Lipinski definition) is 2. The highest BCUT2D eigenvalue weighted by molar-refractivity contribution is 5.78. The number of oxazole rings is 1. The molecule has 0 fully saturated rings. The maximum Gasteiger partial charge on any atom is 0.298 e. The molecule has 92 valence electrons. The van der Waals surface area contributed by atoms with Crippen molar-refractivity contribution in [2.75, 3.05) is 24.3 Å². The standard InChI is InChI=1S/C12H17N3O2/c1-12(2,7-16)15(3)11-14-9-5-4-8(13)6-10(9)17-11/h4-6,16H,7,13H2,1-3H3. The molecule has 0 unspecified atom stereocenters. The van der Waals surface area contributed by atoms with Crippen LogP contribution in [0.4, 0.5) is 11.7 Å². The van der Waals surface area contributed by atoms with Crippen LogP contribution in [0.1, 0.15) is 13.8 Å². The molecule has 0 bridgehead atoms. The third kappa shape index (κ3) is 2.06. The fourth-order valence-electron chi connectivity index (χ4n) is 1.44. The number of aliphatic hydroxyl groups excluding tert-OH is 1. The van der Waals surface area contributed by atoms with Crippen LogP contribution >= 0.6 is 0 Å². The number of anilines is 2. The van der Waals surface area contributed by atoms with Gasteiger partial charge in [-0.1, -0.05) is 0 Å². The Labute approximate surface area is 99.8 Å². The van der Waals surface area contributed by atoms with Gasteiger partial charge >= 0.3 is 0 Å². The second-order valence-corrected chi connectivity index (χ2v) is 4.75. The molecule has 0 aliphatic heterocycles. The van der Waals surface area contributed by atoms with Crippen molar-refractivity contribution in [3.8, 4) is 0 Å². The van der Waals surface area contributed by atoms with Crippen molar-refractivity contribution >= 4 is 22.8 Å². The van der Waals surface area contributed by atoms with Gasteiger partial charge in [0.15, 0.2) is 5.58 Å². The fourth-order valence-corrected chi connectivity index (χ4v) is 1.44. The number of nitrogens with two attached hydrogens (primary N) is 1. The number of benzene rings is 1. The van der Waals surface area contributed by atoms with E-state index in [1.807, 2.05) is 31.9 Å². The van der Waals surface area contributed by atoms with Gasteiger partial charge in [0.05, 0.1) is 12.1 Å². The Hall–Kier alpha value is -1.75. The van der Waals surface area contributed by atoms with Crippen LogP contribution < -0.4 is 10.6 Å². The predicted octanol–water partition coefficient (Wildman–Crippen LogP) is 1.62. The average Bonchev–Trinajstić information content (AvgIpc) is 2.70. The van der Waals surface area contributed by atoms with Crippen LogP contribution in [0.2, 0.25) is 0 Å². The first-order valence-corrected chi connectivity index (χ1v) is 5.45. The van der Waals surface area contributed by atoms with Gasteiger partial charge in [0.25, 0.3) is 6.01 Å². The highest BCUT2D eigenvalue weighted by Crippen LogP contribution is 2.26. The van der Waals surface area contributed by atoms with Crippen molar-refractivity contribution in [3.05, 3.63) is 18.2 Å². The normalized spacial score (nSPS) is 12.0. The summed E-state index contributed by atoms with van der Waals surface area (Å²) in [5.74, 6) is 0. The summed E-state index contributed by atoms with van der Waals surface area (Å²) in [6.07, 6.45) is 0. The second-order valence-electron chi connectivity index (χ2n) is 4.75. The van der Waals surface area contributed by atoms with Crippen LogP contribution in [0.25, 0.3) is 11.1 Å². The van der Waals surface area contributed by atoms with Crippen LogP contribution in [-0.2, 0) is 0 Å². The molecule has 0 saturated carbocycles. The molecule has 0 spiro atoms. The number of aromatic nitrogens is 1. The number of fused-ring (bicyclic) bond motifs is 1. The van der Waals surface area contributed by atoms with E-state index in [0.717, 1.165) is 5.52 Å². The van der Waals surface area contributed by atoms with E-state index in [-0.39, 0.29) is 6.61 Å². The van der Waals surface area contributed by atoms with Crippen molar-refractivity contribution in [1.29, 1.82) is 0 Å². The molecule has 1 aromatic carbocycles. The van der Waals surface area contributed by atoms with Crippen molar-refractivity contribution in [1.82, 2.24) is 4.98 Å². The molecule has 5 heteroatoms. The Morgan fingerprint density at radius 1 is 1.47 bits per heavy atom. The van der Waals surface area contributed by atoms with E-state index in [0.29, 0.717) is 17.3 Å². The quantitative estimate of drug-likeness (QED) is 0.791. The molecule has 0 atom stereocenters. The monoisotopic (exact) mass is 235 g/mol. The topological polar surface area (TPSA) is 75.5 Å². The first-order valence-electron chi connectivity index (χ1n) is 5.45. The fraction of sp³-hybridized carbons (Fsp3) is 0.417. The minimum atomic E-state index is -0.424. The molecule has 0 aliphatic carbocycles. The van der Waals surface area contributed by atoms with Crippen LogP contribution in [0.3, 0.4) is 0 Å². The number of nitrogens with zero attached hydrogens (tertiary/aromatic N) is 2. The molecule has 0 amide bonds. The van der Waals surface area contributed by atoms with E-state index >= 15 is 0 Å². The van der Waals surface area contributed by atoms with Crippen molar-refractivity contribution in [2.24, 2.45) is 0 Å². The Kier molecular flexibility index (Phi) is 2.71. The molecule has 0 radical (unpaired) electrons. The lowest BCUT2D eigenvalue weighted by molar-refractivity contribution is 0.212. The van der Waals surface area contributed by atoms with Gasteiger partial charge in [0, 0.05) is 18.8 Å². The highest BCUT2D eigenvalue weighted by Gasteiger charge is 2.26. The summed E-state index contributed by atoms with van der Waals surface area (Å²) >= 11 is 0. The summed E-state index contributed by atoms with van der Waals surface area (Å²) in [6, 6.07) is 5.82. The molecule has 2 aromatic rings. The van der Waals surface area contributed by atoms with E-state index in [1.54, 1.807) is 12.1 Å². The molecule has 1 heterocycles. The van der Waals surface area contributed by atoms with Crippen molar-refractivity contribution in [2.45, 2.75) is 19.4 Å². The summed E-state index contributed by atoms with van der Waals surface area (Å²) in [5.41, 5.74) is 7.31. The van der Waals surface area contributed by atoms with E-state index in [2.05, 4.69) is 4.98 Å². The maximum absolute atomic E-state index is 9.31. The first-order chi connectivity index (χ1) is 7.94. The number of likely N-dealkylation sites (N-methyl/N-ethyl adjacent to an activating group) is 1. The second kappa shape index (κ2) is 3.92. The predicted molar refractivity (Wildman–Crippen MR) is 68.0 cm³/mol. The Morgan fingerprint density at radius 3 is 2.82 bits per heavy atom. The van der Waals surface area contributed by atoms with Crippen LogP contribution in [-0.4, -0.2) is 29.3 Å². The van der Waals surface area contributed by atoms with Crippen LogP contribution in [0, 0.1) is 0 Å². The lowest BCUT2D eigenvalue weighted by Crippen LogP contribution is -2.44. The summed E-state index contributed by atoms with van der Waals surface area (Å²) in [5, 5.41) is 9.31. The van der Waals surface area contributed by atoms with Gasteiger partial charge in [-0.25, -0.2) is 0 Å². The van der Waals surface area contributed by atoms with Gasteiger partial charge in [-0.2, -0.15) is 4.98 Å². The van der Waals surface area contributed by atoms with Gasteiger partial charge in [0.1, 0.15) is 5.52 Å². The van der Waals surface area contributed by atoms with Gasteiger partial charge in [-0.15, -0.1) is 0 Å². The van der Waals surface area contributed by atoms with Crippen molar-refractivity contribution < 1.29 is 9.52 Å². The molecule has 17 heavy (non-hydrogen) atoms. The van der Waals surface area contributed by atoms with Gasteiger partial charge < -0.3 is 20.2 Å². The number of rotatable bonds is 3. The lowest BCUT2D eigenvalue weighted by atomic mass is 10.1. The number of nitrogen functional groups attached to an aromatic ring is 1.